The van der Waals surface area contributed by atoms with E-state index in [4.69, 9.17) is 4.74 Å². The third-order valence-electron chi connectivity index (χ3n) is 5.02. The van der Waals surface area contributed by atoms with Crippen LogP contribution in [0, 0.1) is 19.8 Å². The lowest BCUT2D eigenvalue weighted by Gasteiger charge is -2.33. The van der Waals surface area contributed by atoms with Gasteiger partial charge in [0.05, 0.1) is 7.11 Å². The van der Waals surface area contributed by atoms with E-state index in [0.717, 1.165) is 60.0 Å². The molecule has 2 aromatic rings. The third-order valence-corrected chi connectivity index (χ3v) is 5.02. The van der Waals surface area contributed by atoms with E-state index in [2.05, 4.69) is 21.8 Å². The Kier molecular flexibility index (Phi) is 5.55. The number of nitrogens with zero attached hydrogens (tertiary/aromatic N) is 3. The molecule has 1 aromatic heterocycles. The standard InChI is InChI=1S/C21H27N3O2/c1-5-19-22-15(3)12-20(23-19)24-10-6-7-16(13-24)21(25)18-9-8-17(26-4)11-14(18)2/h8-9,11-12,16H,5-7,10,13H2,1-4H3/t16-/m0/s1. The molecule has 0 bridgehead atoms. The first-order valence-electron chi connectivity index (χ1n) is 9.30. The molecule has 0 unspecified atom stereocenters. The van der Waals surface area contributed by atoms with Gasteiger partial charge < -0.3 is 9.64 Å². The maximum Gasteiger partial charge on any atom is 0.167 e. The fourth-order valence-corrected chi connectivity index (χ4v) is 3.59. The van der Waals surface area contributed by atoms with E-state index in [1.807, 2.05) is 38.1 Å². The van der Waals surface area contributed by atoms with Crippen molar-refractivity contribution in [2.75, 3.05) is 25.1 Å². The van der Waals surface area contributed by atoms with E-state index in [1.54, 1.807) is 7.11 Å². The Bertz CT molecular complexity index is 804. The van der Waals surface area contributed by atoms with Gasteiger partial charge in [0.1, 0.15) is 17.4 Å². The number of aromatic nitrogens is 2. The summed E-state index contributed by atoms with van der Waals surface area (Å²) in [6.07, 6.45) is 2.73. The number of rotatable bonds is 5. The van der Waals surface area contributed by atoms with E-state index in [9.17, 15) is 4.79 Å². The van der Waals surface area contributed by atoms with Crippen molar-refractivity contribution in [3.8, 4) is 5.75 Å². The zero-order chi connectivity index (χ0) is 18.7. The maximum absolute atomic E-state index is 13.1. The normalized spacial score (nSPS) is 17.2. The molecule has 1 saturated heterocycles. The molecule has 5 nitrogen and oxygen atoms in total. The summed E-state index contributed by atoms with van der Waals surface area (Å²) >= 11 is 0. The van der Waals surface area contributed by atoms with Gasteiger partial charge in [0.25, 0.3) is 0 Å². The summed E-state index contributed by atoms with van der Waals surface area (Å²) in [5, 5.41) is 0. The quantitative estimate of drug-likeness (QED) is 0.766. The molecule has 1 aromatic carbocycles. The van der Waals surface area contributed by atoms with E-state index in [-0.39, 0.29) is 11.7 Å². The minimum absolute atomic E-state index is 0.00353. The van der Waals surface area contributed by atoms with Gasteiger partial charge in [-0.05, 0) is 50.5 Å². The van der Waals surface area contributed by atoms with Crippen molar-refractivity contribution < 1.29 is 9.53 Å². The molecule has 0 amide bonds. The second-order valence-corrected chi connectivity index (χ2v) is 6.97. The number of carbonyl (C=O) groups is 1. The van der Waals surface area contributed by atoms with Crippen LogP contribution in [0.3, 0.4) is 0 Å². The molecule has 1 aliphatic rings. The highest BCUT2D eigenvalue weighted by Gasteiger charge is 2.28. The van der Waals surface area contributed by atoms with Crippen molar-refractivity contribution >= 4 is 11.6 Å². The molecular weight excluding hydrogens is 326 g/mol. The van der Waals surface area contributed by atoms with Crippen molar-refractivity contribution in [3.05, 3.63) is 46.9 Å². The van der Waals surface area contributed by atoms with Crippen LogP contribution in [0.4, 0.5) is 5.82 Å². The van der Waals surface area contributed by atoms with Crippen molar-refractivity contribution in [3.63, 3.8) is 0 Å². The number of carbonyl (C=O) groups excluding carboxylic acids is 1. The van der Waals surface area contributed by atoms with Gasteiger partial charge in [-0.15, -0.1) is 0 Å². The van der Waals surface area contributed by atoms with Gasteiger partial charge in [-0.1, -0.05) is 6.92 Å². The molecule has 2 heterocycles. The lowest BCUT2D eigenvalue weighted by molar-refractivity contribution is 0.0906. The topological polar surface area (TPSA) is 55.3 Å². The number of anilines is 1. The largest absolute Gasteiger partial charge is 0.497 e. The Morgan fingerprint density at radius 2 is 2.08 bits per heavy atom. The second kappa shape index (κ2) is 7.85. The average molecular weight is 353 g/mol. The SMILES string of the molecule is CCc1nc(C)cc(N2CCC[C@H](C(=O)c3ccc(OC)cc3C)C2)n1. The maximum atomic E-state index is 13.1. The van der Waals surface area contributed by atoms with E-state index >= 15 is 0 Å². The molecule has 1 atom stereocenters. The third kappa shape index (κ3) is 3.87. The molecule has 0 aliphatic carbocycles. The number of Topliss-reactive ketones (excluding diaryl/α,β-unsaturated/α-hetero) is 1. The molecule has 0 radical (unpaired) electrons. The second-order valence-electron chi connectivity index (χ2n) is 6.97. The van der Waals surface area contributed by atoms with Crippen LogP contribution in [0.1, 0.15) is 47.2 Å². The Labute approximate surface area is 155 Å². The Balaban J connectivity index is 1.80. The summed E-state index contributed by atoms with van der Waals surface area (Å²) in [7, 11) is 1.64. The molecule has 1 fully saturated rings. The van der Waals surface area contributed by atoms with Crippen LogP contribution in [-0.2, 0) is 6.42 Å². The first-order chi connectivity index (χ1) is 12.5. The summed E-state index contributed by atoms with van der Waals surface area (Å²) in [6, 6.07) is 7.70. The van der Waals surface area contributed by atoms with Crippen LogP contribution < -0.4 is 9.64 Å². The van der Waals surface area contributed by atoms with Gasteiger partial charge >= 0.3 is 0 Å². The Morgan fingerprint density at radius 1 is 1.27 bits per heavy atom. The molecule has 0 N–H and O–H groups in total. The molecular formula is C21H27N3O2. The minimum atomic E-state index is -0.00353. The number of aryl methyl sites for hydroxylation is 3. The highest BCUT2D eigenvalue weighted by molar-refractivity contribution is 5.99. The van der Waals surface area contributed by atoms with Gasteiger partial charge in [0, 0.05) is 42.8 Å². The molecule has 138 valence electrons. The molecule has 0 saturated carbocycles. The number of benzene rings is 1. The first-order valence-corrected chi connectivity index (χ1v) is 9.30. The number of ether oxygens (including phenoxy) is 1. The van der Waals surface area contributed by atoms with Gasteiger partial charge in [-0.25, -0.2) is 9.97 Å². The lowest BCUT2D eigenvalue weighted by atomic mass is 9.88. The molecule has 0 spiro atoms. The highest BCUT2D eigenvalue weighted by atomic mass is 16.5. The summed E-state index contributed by atoms with van der Waals surface area (Å²) in [5.41, 5.74) is 2.75. The van der Waals surface area contributed by atoms with Crippen molar-refractivity contribution in [2.45, 2.75) is 40.0 Å². The number of methoxy groups -OCH3 is 1. The van der Waals surface area contributed by atoms with Crippen LogP contribution in [0.2, 0.25) is 0 Å². The Morgan fingerprint density at radius 3 is 2.77 bits per heavy atom. The zero-order valence-electron chi connectivity index (χ0n) is 16.1. The molecule has 26 heavy (non-hydrogen) atoms. The number of hydrogen-bond donors (Lipinski definition) is 0. The summed E-state index contributed by atoms with van der Waals surface area (Å²) in [5.74, 6) is 2.80. The van der Waals surface area contributed by atoms with Crippen LogP contribution in [0.15, 0.2) is 24.3 Å². The molecule has 5 heteroatoms. The van der Waals surface area contributed by atoms with Crippen molar-refractivity contribution in [2.24, 2.45) is 5.92 Å². The summed E-state index contributed by atoms with van der Waals surface area (Å²) in [6.45, 7) is 7.68. The van der Waals surface area contributed by atoms with E-state index in [0.29, 0.717) is 6.54 Å². The highest BCUT2D eigenvalue weighted by Crippen LogP contribution is 2.27. The van der Waals surface area contributed by atoms with Crippen molar-refractivity contribution in [1.82, 2.24) is 9.97 Å². The van der Waals surface area contributed by atoms with Gasteiger partial charge in [0.2, 0.25) is 0 Å². The van der Waals surface area contributed by atoms with Gasteiger partial charge in [0.15, 0.2) is 5.78 Å². The molecule has 1 aliphatic heterocycles. The van der Waals surface area contributed by atoms with Crippen LogP contribution >= 0.6 is 0 Å². The minimum Gasteiger partial charge on any atom is -0.497 e. The number of piperidine rings is 1. The monoisotopic (exact) mass is 353 g/mol. The van der Waals surface area contributed by atoms with E-state index in [1.165, 1.54) is 0 Å². The fourth-order valence-electron chi connectivity index (χ4n) is 3.59. The average Bonchev–Trinajstić information content (AvgIpc) is 2.66. The van der Waals surface area contributed by atoms with Crippen molar-refractivity contribution in [1.29, 1.82) is 0 Å². The first kappa shape index (κ1) is 18.4. The smallest absolute Gasteiger partial charge is 0.167 e. The zero-order valence-corrected chi connectivity index (χ0v) is 16.1. The summed E-state index contributed by atoms with van der Waals surface area (Å²) in [4.78, 5) is 24.5. The van der Waals surface area contributed by atoms with E-state index < -0.39 is 0 Å². The van der Waals surface area contributed by atoms with Gasteiger partial charge in [-0.3, -0.25) is 4.79 Å². The Hall–Kier alpha value is -2.43. The molecule has 3 rings (SSSR count). The number of hydrogen-bond acceptors (Lipinski definition) is 5. The lowest BCUT2D eigenvalue weighted by Crippen LogP contribution is -2.39. The number of ketones is 1. The van der Waals surface area contributed by atoms with Crippen LogP contribution in [0.5, 0.6) is 5.75 Å². The van der Waals surface area contributed by atoms with Crippen LogP contribution in [-0.4, -0.2) is 36.0 Å². The van der Waals surface area contributed by atoms with Crippen LogP contribution in [0.25, 0.3) is 0 Å². The summed E-state index contributed by atoms with van der Waals surface area (Å²) < 4.78 is 5.25. The predicted molar refractivity (Wildman–Crippen MR) is 103 cm³/mol. The predicted octanol–water partition coefficient (Wildman–Crippen LogP) is 3.76. The fraction of sp³-hybridized carbons (Fsp3) is 0.476. The van der Waals surface area contributed by atoms with Gasteiger partial charge in [-0.2, -0.15) is 0 Å².